The fourth-order valence-electron chi connectivity index (χ4n) is 5.42. The first-order valence-corrected chi connectivity index (χ1v) is 13.9. The van der Waals surface area contributed by atoms with E-state index in [1.807, 2.05) is 73.8 Å². The van der Waals surface area contributed by atoms with Crippen LogP contribution in [0.5, 0.6) is 0 Å². The Morgan fingerprint density at radius 3 is 2.77 bits per heavy atom. The maximum atomic E-state index is 13.6. The van der Waals surface area contributed by atoms with Gasteiger partial charge in [-0.2, -0.15) is 0 Å². The summed E-state index contributed by atoms with van der Waals surface area (Å²) in [5, 5.41) is 2.79. The Balaban J connectivity index is 1.29. The summed E-state index contributed by atoms with van der Waals surface area (Å²) in [5.41, 5.74) is 6.37. The molecule has 6 nitrogen and oxygen atoms in total. The largest absolute Gasteiger partial charge is 0.465 e. The highest BCUT2D eigenvalue weighted by Gasteiger charge is 2.27. The molecule has 39 heavy (non-hydrogen) atoms. The van der Waals surface area contributed by atoms with E-state index in [4.69, 9.17) is 14.1 Å². The van der Waals surface area contributed by atoms with E-state index in [2.05, 4.69) is 10.6 Å². The Hall–Kier alpha value is -4.23. The van der Waals surface area contributed by atoms with Gasteiger partial charge in [-0.25, -0.2) is 9.78 Å². The third-order valence-electron chi connectivity index (χ3n) is 7.34. The fourth-order valence-corrected chi connectivity index (χ4v) is 6.11. The van der Waals surface area contributed by atoms with Crippen LogP contribution in [-0.4, -0.2) is 27.9 Å². The molecule has 1 aliphatic rings. The van der Waals surface area contributed by atoms with Crippen LogP contribution in [0.15, 0.2) is 70.7 Å². The number of hydrogen-bond acceptors (Lipinski definition) is 6. The summed E-state index contributed by atoms with van der Waals surface area (Å²) >= 11 is 1.69. The lowest BCUT2D eigenvalue weighted by atomic mass is 9.86. The minimum absolute atomic E-state index is 0.209. The van der Waals surface area contributed by atoms with Crippen molar-refractivity contribution in [3.63, 3.8) is 0 Å². The van der Waals surface area contributed by atoms with Crippen LogP contribution in [0, 0.1) is 13.8 Å². The average molecular weight is 537 g/mol. The normalized spacial score (nSPS) is 14.1. The summed E-state index contributed by atoms with van der Waals surface area (Å²) < 4.78 is 13.4. The highest BCUT2D eigenvalue weighted by atomic mass is 32.1. The van der Waals surface area contributed by atoms with Gasteiger partial charge in [0.1, 0.15) is 5.76 Å². The second-order valence-corrected chi connectivity index (χ2v) is 10.9. The molecule has 0 saturated carbocycles. The lowest BCUT2D eigenvalue weighted by Gasteiger charge is -2.22. The second kappa shape index (κ2) is 10.5. The molecule has 0 N–H and O–H groups in total. The predicted octanol–water partition coefficient (Wildman–Crippen LogP) is 7.27. The maximum Gasteiger partial charge on any atom is 0.339 e. The summed E-state index contributed by atoms with van der Waals surface area (Å²) in [4.78, 5) is 33.0. The van der Waals surface area contributed by atoms with Gasteiger partial charge in [0.2, 0.25) is 5.78 Å². The number of ether oxygens (including phenoxy) is 1. The summed E-state index contributed by atoms with van der Waals surface area (Å²) in [6.07, 6.45) is 6.07. The Kier molecular flexibility index (Phi) is 6.75. The first-order valence-electron chi connectivity index (χ1n) is 13.0. The Bertz CT molecular complexity index is 1710. The van der Waals surface area contributed by atoms with Crippen LogP contribution in [0.4, 0.5) is 0 Å². The van der Waals surface area contributed by atoms with Crippen molar-refractivity contribution < 1.29 is 18.7 Å². The van der Waals surface area contributed by atoms with Gasteiger partial charge in [0, 0.05) is 27.2 Å². The fraction of sp³-hybridized carbons (Fsp3) is 0.219. The number of benzene rings is 1. The van der Waals surface area contributed by atoms with Crippen molar-refractivity contribution in [3.8, 4) is 0 Å². The number of fused-ring (bicyclic) bond motifs is 2. The molecule has 1 aliphatic carbocycles. The van der Waals surface area contributed by atoms with Gasteiger partial charge in [-0.15, -0.1) is 11.3 Å². The number of carbonyl (C=O) groups excluding carboxylic acids is 2. The summed E-state index contributed by atoms with van der Waals surface area (Å²) in [7, 11) is 0. The monoisotopic (exact) mass is 536 g/mol. The van der Waals surface area contributed by atoms with Gasteiger partial charge in [-0.1, -0.05) is 24.3 Å². The average Bonchev–Trinajstić information content (AvgIpc) is 3.71. The summed E-state index contributed by atoms with van der Waals surface area (Å²) in [6, 6.07) is 17.3. The molecule has 6 rings (SSSR count). The van der Waals surface area contributed by atoms with Crippen molar-refractivity contribution in [1.29, 1.82) is 0 Å². The van der Waals surface area contributed by atoms with Crippen LogP contribution in [0.2, 0.25) is 0 Å². The highest BCUT2D eigenvalue weighted by Crippen LogP contribution is 2.36. The molecular weight excluding hydrogens is 508 g/mol. The highest BCUT2D eigenvalue weighted by molar-refractivity contribution is 7.09. The Morgan fingerprint density at radius 2 is 1.97 bits per heavy atom. The Morgan fingerprint density at radius 1 is 1.10 bits per heavy atom. The zero-order chi connectivity index (χ0) is 26.9. The number of carbonyl (C=O) groups is 2. The molecule has 196 valence electrons. The molecule has 7 heteroatoms. The number of ketones is 1. The third-order valence-corrected chi connectivity index (χ3v) is 8.20. The number of aromatic nitrogens is 2. The molecule has 4 aromatic heterocycles. The zero-order valence-corrected chi connectivity index (χ0v) is 22.7. The number of para-hydroxylation sites is 1. The molecule has 0 amide bonds. The number of esters is 1. The number of aryl methyl sites for hydroxylation is 1. The number of nitrogens with zero attached hydrogens (tertiary/aromatic N) is 2. The van der Waals surface area contributed by atoms with Gasteiger partial charge in [-0.3, -0.25) is 4.79 Å². The molecule has 0 saturated heterocycles. The standard InChI is InChI=1S/C32H28N2O4S/c1-20-16-27(21(2)34(20)18-24-10-7-15-39-24)29(35)19-38-32(36)30-25-11-3-4-13-28(25)33-31-22(8-5-12-26(30)31)17-23-9-6-14-37-23/h3-4,6-7,9-11,13-17H,5,8,12,18-19H2,1-2H3/b22-17-. The van der Waals surface area contributed by atoms with E-state index in [1.54, 1.807) is 17.6 Å². The third kappa shape index (κ3) is 4.86. The minimum Gasteiger partial charge on any atom is -0.465 e. The second-order valence-electron chi connectivity index (χ2n) is 9.82. The number of furan rings is 1. The van der Waals surface area contributed by atoms with Crippen LogP contribution in [0.3, 0.4) is 0 Å². The molecule has 0 aliphatic heterocycles. The van der Waals surface area contributed by atoms with Crippen LogP contribution in [0.25, 0.3) is 22.6 Å². The molecule has 0 spiro atoms. The minimum atomic E-state index is -0.496. The number of hydrogen-bond donors (Lipinski definition) is 0. The summed E-state index contributed by atoms with van der Waals surface area (Å²) in [6.45, 7) is 4.33. The summed E-state index contributed by atoms with van der Waals surface area (Å²) in [5.74, 6) is 0.0450. The van der Waals surface area contributed by atoms with Crippen molar-refractivity contribution >= 4 is 45.6 Å². The van der Waals surface area contributed by atoms with E-state index < -0.39 is 5.97 Å². The van der Waals surface area contributed by atoms with Crippen molar-refractivity contribution in [1.82, 2.24) is 9.55 Å². The van der Waals surface area contributed by atoms with Crippen LogP contribution in [0.1, 0.15) is 66.8 Å². The molecule has 0 atom stereocenters. The van der Waals surface area contributed by atoms with E-state index in [0.29, 0.717) is 24.1 Å². The quantitative estimate of drug-likeness (QED) is 0.161. The van der Waals surface area contributed by atoms with E-state index in [1.165, 1.54) is 4.88 Å². The smallest absolute Gasteiger partial charge is 0.339 e. The van der Waals surface area contributed by atoms with Crippen LogP contribution in [-0.2, 0) is 17.7 Å². The topological polar surface area (TPSA) is 74.3 Å². The molecule has 0 unspecified atom stereocenters. The van der Waals surface area contributed by atoms with Crippen molar-refractivity contribution in [2.75, 3.05) is 6.61 Å². The van der Waals surface area contributed by atoms with Crippen LogP contribution < -0.4 is 0 Å². The Labute approximate surface area is 230 Å². The maximum absolute atomic E-state index is 13.6. The molecule has 1 aromatic carbocycles. The van der Waals surface area contributed by atoms with E-state index >= 15 is 0 Å². The number of pyridine rings is 1. The molecule has 0 fully saturated rings. The van der Waals surface area contributed by atoms with Gasteiger partial charge >= 0.3 is 5.97 Å². The van der Waals surface area contributed by atoms with Crippen molar-refractivity contribution in [3.05, 3.63) is 111 Å². The number of rotatable bonds is 7. The van der Waals surface area contributed by atoms with Gasteiger partial charge in [0.15, 0.2) is 6.61 Å². The van der Waals surface area contributed by atoms with Crippen molar-refractivity contribution in [2.45, 2.75) is 39.7 Å². The van der Waals surface area contributed by atoms with Gasteiger partial charge in [-0.05, 0) is 86.0 Å². The molecule has 4 heterocycles. The van der Waals surface area contributed by atoms with E-state index in [9.17, 15) is 9.59 Å². The molecule has 0 bridgehead atoms. The lowest BCUT2D eigenvalue weighted by molar-refractivity contribution is 0.0475. The van der Waals surface area contributed by atoms with Crippen LogP contribution >= 0.6 is 11.3 Å². The molecular formula is C32H28N2O4S. The first kappa shape index (κ1) is 25.1. The van der Waals surface area contributed by atoms with Gasteiger partial charge in [0.05, 0.1) is 29.6 Å². The SMILES string of the molecule is Cc1cc(C(=O)COC(=O)c2c3c(nc4ccccc24)/C(=C\c2ccco2)CCC3)c(C)n1Cc1cccs1. The van der Waals surface area contributed by atoms with Crippen molar-refractivity contribution in [2.24, 2.45) is 0 Å². The van der Waals surface area contributed by atoms with Gasteiger partial charge < -0.3 is 13.7 Å². The number of thiophene rings is 1. The number of Topliss-reactive ketones (excluding diaryl/α,β-unsaturated/α-hetero) is 1. The molecule has 5 aromatic rings. The lowest BCUT2D eigenvalue weighted by Crippen LogP contribution is -2.19. The first-order chi connectivity index (χ1) is 19.0. The van der Waals surface area contributed by atoms with Gasteiger partial charge in [0.25, 0.3) is 0 Å². The zero-order valence-electron chi connectivity index (χ0n) is 21.9. The van der Waals surface area contributed by atoms with E-state index in [0.717, 1.165) is 57.7 Å². The molecule has 0 radical (unpaired) electrons. The predicted molar refractivity (Wildman–Crippen MR) is 153 cm³/mol. The number of allylic oxidation sites excluding steroid dienone is 1. The van der Waals surface area contributed by atoms with E-state index in [-0.39, 0.29) is 12.4 Å².